The first kappa shape index (κ1) is 16.7. The molecular formula is C16H23ClN2OS. The van der Waals surface area contributed by atoms with Gasteiger partial charge in [-0.1, -0.05) is 30.3 Å². The summed E-state index contributed by atoms with van der Waals surface area (Å²) in [6.07, 6.45) is 2.87. The summed E-state index contributed by atoms with van der Waals surface area (Å²) in [6.45, 7) is 1.95. The van der Waals surface area contributed by atoms with Crippen LogP contribution in [0, 0.1) is 0 Å². The number of nitrogens with one attached hydrogen (secondary N) is 1. The SMILES string of the molecule is Cl.O=C(CC1CSCCN1)N1CCCC1c1ccccc1. The van der Waals surface area contributed by atoms with Crippen LogP contribution < -0.4 is 5.32 Å². The number of hydrogen-bond donors (Lipinski definition) is 1. The topological polar surface area (TPSA) is 32.3 Å². The van der Waals surface area contributed by atoms with Gasteiger partial charge in [0, 0.05) is 37.1 Å². The van der Waals surface area contributed by atoms with Crippen molar-refractivity contribution in [3.8, 4) is 0 Å². The third-order valence-corrected chi connectivity index (χ3v) is 5.31. The molecule has 3 rings (SSSR count). The van der Waals surface area contributed by atoms with Crippen LogP contribution in [0.25, 0.3) is 0 Å². The molecule has 1 N–H and O–H groups in total. The van der Waals surface area contributed by atoms with Crippen LogP contribution in [0.15, 0.2) is 30.3 Å². The minimum Gasteiger partial charge on any atom is -0.336 e. The van der Waals surface area contributed by atoms with Crippen LogP contribution in [0.4, 0.5) is 0 Å². The van der Waals surface area contributed by atoms with Crippen molar-refractivity contribution in [1.29, 1.82) is 0 Å². The lowest BCUT2D eigenvalue weighted by molar-refractivity contribution is -0.132. The van der Waals surface area contributed by atoms with E-state index >= 15 is 0 Å². The van der Waals surface area contributed by atoms with E-state index in [2.05, 4.69) is 34.5 Å². The molecule has 2 saturated heterocycles. The van der Waals surface area contributed by atoms with Gasteiger partial charge in [0.05, 0.1) is 6.04 Å². The van der Waals surface area contributed by atoms with Crippen LogP contribution in [-0.2, 0) is 4.79 Å². The fourth-order valence-electron chi connectivity index (χ4n) is 3.17. The van der Waals surface area contributed by atoms with Gasteiger partial charge in [-0.15, -0.1) is 12.4 Å². The lowest BCUT2D eigenvalue weighted by Gasteiger charge is -2.29. The Morgan fingerprint density at radius 2 is 2.14 bits per heavy atom. The van der Waals surface area contributed by atoms with Gasteiger partial charge in [0.25, 0.3) is 0 Å². The first-order valence-electron chi connectivity index (χ1n) is 7.50. The smallest absolute Gasteiger partial charge is 0.224 e. The first-order chi connectivity index (χ1) is 9.84. The zero-order valence-corrected chi connectivity index (χ0v) is 13.8. The van der Waals surface area contributed by atoms with Gasteiger partial charge in [0.2, 0.25) is 5.91 Å². The van der Waals surface area contributed by atoms with Crippen molar-refractivity contribution in [3.05, 3.63) is 35.9 Å². The molecule has 1 amide bonds. The van der Waals surface area contributed by atoms with Crippen molar-refractivity contribution in [2.24, 2.45) is 0 Å². The number of halogens is 1. The summed E-state index contributed by atoms with van der Waals surface area (Å²) < 4.78 is 0. The monoisotopic (exact) mass is 326 g/mol. The Morgan fingerprint density at radius 1 is 1.33 bits per heavy atom. The van der Waals surface area contributed by atoms with Crippen LogP contribution in [0.1, 0.15) is 30.9 Å². The molecule has 2 aliphatic heterocycles. The van der Waals surface area contributed by atoms with Crippen molar-refractivity contribution in [3.63, 3.8) is 0 Å². The predicted molar refractivity (Wildman–Crippen MR) is 91.1 cm³/mol. The van der Waals surface area contributed by atoms with Crippen LogP contribution in [-0.4, -0.2) is 41.4 Å². The van der Waals surface area contributed by atoms with E-state index in [0.29, 0.717) is 24.4 Å². The number of benzene rings is 1. The van der Waals surface area contributed by atoms with E-state index in [1.165, 1.54) is 11.3 Å². The lowest BCUT2D eigenvalue weighted by Crippen LogP contribution is -2.42. The fourth-order valence-corrected chi connectivity index (χ4v) is 4.11. The summed E-state index contributed by atoms with van der Waals surface area (Å²) >= 11 is 1.95. The Balaban J connectivity index is 0.00000161. The zero-order chi connectivity index (χ0) is 13.8. The molecule has 2 heterocycles. The second-order valence-electron chi connectivity index (χ2n) is 5.59. The molecule has 116 valence electrons. The molecule has 21 heavy (non-hydrogen) atoms. The third kappa shape index (κ3) is 4.15. The molecule has 2 atom stereocenters. The summed E-state index contributed by atoms with van der Waals surface area (Å²) in [5.41, 5.74) is 1.28. The number of nitrogens with zero attached hydrogens (tertiary/aromatic N) is 1. The van der Waals surface area contributed by atoms with Crippen molar-refractivity contribution in [1.82, 2.24) is 10.2 Å². The number of carbonyl (C=O) groups excluding carboxylic acids is 1. The van der Waals surface area contributed by atoms with E-state index in [1.807, 2.05) is 17.8 Å². The molecule has 2 unspecified atom stereocenters. The van der Waals surface area contributed by atoms with Gasteiger partial charge in [0.1, 0.15) is 0 Å². The van der Waals surface area contributed by atoms with E-state index < -0.39 is 0 Å². The molecule has 0 radical (unpaired) electrons. The fraction of sp³-hybridized carbons (Fsp3) is 0.562. The van der Waals surface area contributed by atoms with Gasteiger partial charge < -0.3 is 10.2 Å². The van der Waals surface area contributed by atoms with Gasteiger partial charge in [-0.05, 0) is 18.4 Å². The number of amides is 1. The molecule has 2 aliphatic rings. The summed E-state index contributed by atoms with van der Waals surface area (Å²) in [5, 5.41) is 3.46. The predicted octanol–water partition coefficient (Wildman–Crippen LogP) is 2.87. The molecule has 0 saturated carbocycles. The highest BCUT2D eigenvalue weighted by molar-refractivity contribution is 7.99. The van der Waals surface area contributed by atoms with Gasteiger partial charge in [0.15, 0.2) is 0 Å². The molecule has 5 heteroatoms. The third-order valence-electron chi connectivity index (χ3n) is 4.18. The number of likely N-dealkylation sites (tertiary alicyclic amines) is 1. The van der Waals surface area contributed by atoms with Gasteiger partial charge in [-0.2, -0.15) is 11.8 Å². The lowest BCUT2D eigenvalue weighted by atomic mass is 10.0. The van der Waals surface area contributed by atoms with E-state index in [1.54, 1.807) is 0 Å². The quantitative estimate of drug-likeness (QED) is 0.927. The average Bonchev–Trinajstić information content (AvgIpc) is 2.99. The molecule has 3 nitrogen and oxygen atoms in total. The molecule has 1 aromatic rings. The number of hydrogen-bond acceptors (Lipinski definition) is 3. The summed E-state index contributed by atoms with van der Waals surface area (Å²) in [5.74, 6) is 2.55. The number of rotatable bonds is 3. The summed E-state index contributed by atoms with van der Waals surface area (Å²) in [4.78, 5) is 14.7. The van der Waals surface area contributed by atoms with Gasteiger partial charge in [-0.3, -0.25) is 4.79 Å². The highest BCUT2D eigenvalue weighted by atomic mass is 35.5. The minimum absolute atomic E-state index is 0. The number of thioether (sulfide) groups is 1. The molecule has 0 spiro atoms. The Bertz CT molecular complexity index is 451. The summed E-state index contributed by atoms with van der Waals surface area (Å²) in [7, 11) is 0. The maximum atomic E-state index is 12.6. The van der Waals surface area contributed by atoms with E-state index in [9.17, 15) is 4.79 Å². The Hall–Kier alpha value is -0.710. The van der Waals surface area contributed by atoms with Crippen molar-refractivity contribution >= 4 is 30.1 Å². The van der Waals surface area contributed by atoms with Gasteiger partial charge >= 0.3 is 0 Å². The van der Waals surface area contributed by atoms with E-state index in [0.717, 1.165) is 31.7 Å². The second-order valence-corrected chi connectivity index (χ2v) is 6.74. The van der Waals surface area contributed by atoms with Crippen molar-refractivity contribution in [2.45, 2.75) is 31.3 Å². The zero-order valence-electron chi connectivity index (χ0n) is 12.2. The normalized spacial score (nSPS) is 25.4. The highest BCUT2D eigenvalue weighted by Gasteiger charge is 2.31. The molecule has 0 aromatic heterocycles. The largest absolute Gasteiger partial charge is 0.336 e. The standard InChI is InChI=1S/C16H22N2OS.ClH/c19-16(11-14-12-20-10-8-17-14)18-9-4-7-15(18)13-5-2-1-3-6-13;/h1-3,5-6,14-15,17H,4,7-12H2;1H. The maximum Gasteiger partial charge on any atom is 0.224 e. The van der Waals surface area contributed by atoms with Crippen LogP contribution >= 0.6 is 24.2 Å². The van der Waals surface area contributed by atoms with Crippen LogP contribution in [0.3, 0.4) is 0 Å². The van der Waals surface area contributed by atoms with E-state index in [4.69, 9.17) is 0 Å². The Kier molecular flexibility index (Phi) is 6.40. The van der Waals surface area contributed by atoms with Crippen molar-refractivity contribution in [2.75, 3.05) is 24.6 Å². The highest BCUT2D eigenvalue weighted by Crippen LogP contribution is 2.32. The maximum absolute atomic E-state index is 12.6. The molecule has 1 aromatic carbocycles. The Morgan fingerprint density at radius 3 is 2.86 bits per heavy atom. The Labute approximate surface area is 137 Å². The molecule has 2 fully saturated rings. The van der Waals surface area contributed by atoms with Crippen LogP contribution in [0.2, 0.25) is 0 Å². The molecular weight excluding hydrogens is 304 g/mol. The first-order valence-corrected chi connectivity index (χ1v) is 8.65. The number of carbonyl (C=O) groups is 1. The molecule has 0 aliphatic carbocycles. The molecule has 0 bridgehead atoms. The van der Waals surface area contributed by atoms with E-state index in [-0.39, 0.29) is 12.4 Å². The van der Waals surface area contributed by atoms with Crippen molar-refractivity contribution < 1.29 is 4.79 Å². The van der Waals surface area contributed by atoms with Crippen LogP contribution in [0.5, 0.6) is 0 Å². The summed E-state index contributed by atoms with van der Waals surface area (Å²) in [6, 6.07) is 11.1. The minimum atomic E-state index is 0. The van der Waals surface area contributed by atoms with Gasteiger partial charge in [-0.25, -0.2) is 0 Å². The second kappa shape index (κ2) is 8.06. The average molecular weight is 327 g/mol.